The van der Waals surface area contributed by atoms with Gasteiger partial charge >= 0.3 is 0 Å². The third kappa shape index (κ3) is 3.86. The minimum absolute atomic E-state index is 0.217. The summed E-state index contributed by atoms with van der Waals surface area (Å²) in [6.45, 7) is 7.37. The van der Waals surface area contributed by atoms with Crippen LogP contribution < -0.4 is 4.90 Å². The zero-order valence-corrected chi connectivity index (χ0v) is 15.6. The molecule has 1 fully saturated rings. The number of fused-ring (bicyclic) bond motifs is 1. The van der Waals surface area contributed by atoms with Gasteiger partial charge in [0.25, 0.3) is 0 Å². The standard InChI is InChI=1S/C23H24FN3/c1-2-26-13-15-27(16-14-26)23-21-9-5-3-8-19(21)17-20(25-23)12-11-18-7-4-6-10-22(18)24/h3-12,17H,2,13-16H2,1H3/b12-11+. The highest BCUT2D eigenvalue weighted by Gasteiger charge is 2.19. The van der Waals surface area contributed by atoms with E-state index in [-0.39, 0.29) is 5.82 Å². The van der Waals surface area contributed by atoms with Crippen LogP contribution in [0, 0.1) is 5.82 Å². The van der Waals surface area contributed by atoms with E-state index in [1.807, 2.05) is 18.2 Å². The van der Waals surface area contributed by atoms with Gasteiger partial charge in [-0.3, -0.25) is 0 Å². The van der Waals surface area contributed by atoms with E-state index in [1.54, 1.807) is 18.2 Å². The van der Waals surface area contributed by atoms with Gasteiger partial charge in [0.15, 0.2) is 0 Å². The number of rotatable bonds is 4. The number of likely N-dealkylation sites (N-methyl/N-ethyl adjacent to an activating group) is 1. The molecular weight excluding hydrogens is 337 g/mol. The lowest BCUT2D eigenvalue weighted by atomic mass is 10.1. The van der Waals surface area contributed by atoms with E-state index < -0.39 is 0 Å². The Morgan fingerprint density at radius 1 is 0.963 bits per heavy atom. The molecule has 2 aromatic carbocycles. The first-order valence-electron chi connectivity index (χ1n) is 9.54. The summed E-state index contributed by atoms with van der Waals surface area (Å²) >= 11 is 0. The molecule has 138 valence electrons. The third-order valence-corrected chi connectivity index (χ3v) is 5.20. The quantitative estimate of drug-likeness (QED) is 0.672. The molecule has 1 aliphatic rings. The third-order valence-electron chi connectivity index (χ3n) is 5.20. The molecule has 4 heteroatoms. The number of pyridine rings is 1. The molecule has 1 saturated heterocycles. The second-order valence-corrected chi connectivity index (χ2v) is 6.87. The largest absolute Gasteiger partial charge is 0.354 e. The van der Waals surface area contributed by atoms with Crippen molar-refractivity contribution in [1.82, 2.24) is 9.88 Å². The Hall–Kier alpha value is -2.72. The summed E-state index contributed by atoms with van der Waals surface area (Å²) in [7, 11) is 0. The van der Waals surface area contributed by atoms with E-state index in [0.717, 1.165) is 49.6 Å². The second-order valence-electron chi connectivity index (χ2n) is 6.87. The number of hydrogen-bond acceptors (Lipinski definition) is 3. The van der Waals surface area contributed by atoms with Crippen LogP contribution >= 0.6 is 0 Å². The van der Waals surface area contributed by atoms with Crippen molar-refractivity contribution in [3.05, 3.63) is 71.7 Å². The molecule has 0 saturated carbocycles. The number of anilines is 1. The molecule has 2 heterocycles. The van der Waals surface area contributed by atoms with Gasteiger partial charge in [-0.05, 0) is 36.2 Å². The van der Waals surface area contributed by atoms with E-state index in [1.165, 1.54) is 11.5 Å². The Bertz CT molecular complexity index is 959. The van der Waals surface area contributed by atoms with Crippen molar-refractivity contribution >= 4 is 28.7 Å². The molecule has 1 aliphatic heterocycles. The molecule has 3 aromatic rings. The van der Waals surface area contributed by atoms with Crippen LogP contribution in [0.1, 0.15) is 18.2 Å². The second kappa shape index (κ2) is 7.89. The van der Waals surface area contributed by atoms with Gasteiger partial charge in [-0.2, -0.15) is 0 Å². The first kappa shape index (κ1) is 17.7. The summed E-state index contributed by atoms with van der Waals surface area (Å²) in [6.07, 6.45) is 3.70. The summed E-state index contributed by atoms with van der Waals surface area (Å²) in [4.78, 5) is 9.75. The van der Waals surface area contributed by atoms with E-state index in [4.69, 9.17) is 4.98 Å². The van der Waals surface area contributed by atoms with Gasteiger partial charge < -0.3 is 9.80 Å². The van der Waals surface area contributed by atoms with Crippen molar-refractivity contribution in [2.75, 3.05) is 37.6 Å². The van der Waals surface area contributed by atoms with Gasteiger partial charge in [0.1, 0.15) is 11.6 Å². The van der Waals surface area contributed by atoms with Crippen LogP contribution in [0.4, 0.5) is 10.2 Å². The van der Waals surface area contributed by atoms with Gasteiger partial charge in [0.05, 0.1) is 5.69 Å². The van der Waals surface area contributed by atoms with Gasteiger partial charge in [-0.1, -0.05) is 49.4 Å². The Balaban J connectivity index is 1.69. The molecule has 0 N–H and O–H groups in total. The number of hydrogen-bond donors (Lipinski definition) is 0. The number of nitrogens with zero attached hydrogens (tertiary/aromatic N) is 3. The Kier molecular flexibility index (Phi) is 5.16. The van der Waals surface area contributed by atoms with Crippen molar-refractivity contribution < 1.29 is 4.39 Å². The lowest BCUT2D eigenvalue weighted by molar-refractivity contribution is 0.271. The molecule has 0 amide bonds. The van der Waals surface area contributed by atoms with Crippen LogP contribution in [0.25, 0.3) is 22.9 Å². The topological polar surface area (TPSA) is 19.4 Å². The number of halogens is 1. The molecule has 27 heavy (non-hydrogen) atoms. The summed E-state index contributed by atoms with van der Waals surface area (Å²) in [5, 5.41) is 2.33. The van der Waals surface area contributed by atoms with Crippen molar-refractivity contribution in [2.24, 2.45) is 0 Å². The molecule has 0 spiro atoms. The zero-order valence-electron chi connectivity index (χ0n) is 15.6. The lowest BCUT2D eigenvalue weighted by Gasteiger charge is -2.35. The molecule has 0 radical (unpaired) electrons. The van der Waals surface area contributed by atoms with Crippen molar-refractivity contribution in [2.45, 2.75) is 6.92 Å². The summed E-state index contributed by atoms with van der Waals surface area (Å²) < 4.78 is 13.9. The average Bonchev–Trinajstić information content (AvgIpc) is 2.72. The molecule has 0 unspecified atom stereocenters. The Labute approximate surface area is 159 Å². The van der Waals surface area contributed by atoms with Gasteiger partial charge in [-0.15, -0.1) is 0 Å². The van der Waals surface area contributed by atoms with Crippen LogP contribution in [0.3, 0.4) is 0 Å². The fourth-order valence-electron chi connectivity index (χ4n) is 3.59. The first-order valence-corrected chi connectivity index (χ1v) is 9.54. The fraction of sp³-hybridized carbons (Fsp3) is 0.261. The highest BCUT2D eigenvalue weighted by Crippen LogP contribution is 2.27. The molecule has 0 bridgehead atoms. The van der Waals surface area contributed by atoms with Crippen LogP contribution in [-0.2, 0) is 0 Å². The summed E-state index contributed by atoms with van der Waals surface area (Å²) in [5.74, 6) is 0.808. The molecule has 3 nitrogen and oxygen atoms in total. The van der Waals surface area contributed by atoms with Crippen LogP contribution in [0.15, 0.2) is 54.6 Å². The number of aromatic nitrogens is 1. The highest BCUT2D eigenvalue weighted by atomic mass is 19.1. The molecule has 0 aliphatic carbocycles. The van der Waals surface area contributed by atoms with Gasteiger partial charge in [0, 0.05) is 37.1 Å². The lowest BCUT2D eigenvalue weighted by Crippen LogP contribution is -2.46. The maximum atomic E-state index is 13.9. The van der Waals surface area contributed by atoms with Gasteiger partial charge in [0.2, 0.25) is 0 Å². The monoisotopic (exact) mass is 361 g/mol. The minimum Gasteiger partial charge on any atom is -0.354 e. The molecule has 1 aromatic heterocycles. The van der Waals surface area contributed by atoms with Crippen LogP contribution in [0.5, 0.6) is 0 Å². The Morgan fingerprint density at radius 2 is 1.70 bits per heavy atom. The molecular formula is C23H24FN3. The fourth-order valence-corrected chi connectivity index (χ4v) is 3.59. The Morgan fingerprint density at radius 3 is 2.48 bits per heavy atom. The van der Waals surface area contributed by atoms with E-state index >= 15 is 0 Å². The van der Waals surface area contributed by atoms with Gasteiger partial charge in [-0.25, -0.2) is 9.37 Å². The normalized spacial score (nSPS) is 15.7. The van der Waals surface area contributed by atoms with Crippen LogP contribution in [-0.4, -0.2) is 42.6 Å². The highest BCUT2D eigenvalue weighted by molar-refractivity contribution is 5.94. The summed E-state index contributed by atoms with van der Waals surface area (Å²) in [6, 6.07) is 17.2. The maximum absolute atomic E-state index is 13.9. The summed E-state index contributed by atoms with van der Waals surface area (Å²) in [5.41, 5.74) is 1.43. The molecule has 4 rings (SSSR count). The minimum atomic E-state index is -0.217. The predicted molar refractivity (Wildman–Crippen MR) is 111 cm³/mol. The first-order chi connectivity index (χ1) is 13.2. The van der Waals surface area contributed by atoms with E-state index in [9.17, 15) is 4.39 Å². The average molecular weight is 361 g/mol. The SMILES string of the molecule is CCN1CCN(c2nc(/C=C/c3ccccc3F)cc3ccccc23)CC1. The predicted octanol–water partition coefficient (Wildman–Crippen LogP) is 4.69. The van der Waals surface area contributed by atoms with Crippen molar-refractivity contribution in [3.63, 3.8) is 0 Å². The molecule has 0 atom stereocenters. The number of piperazine rings is 1. The van der Waals surface area contributed by atoms with E-state index in [0.29, 0.717) is 5.56 Å². The van der Waals surface area contributed by atoms with Crippen LogP contribution in [0.2, 0.25) is 0 Å². The van der Waals surface area contributed by atoms with Crippen molar-refractivity contribution in [3.8, 4) is 0 Å². The van der Waals surface area contributed by atoms with E-state index in [2.05, 4.69) is 41.0 Å². The van der Waals surface area contributed by atoms with Crippen molar-refractivity contribution in [1.29, 1.82) is 0 Å². The maximum Gasteiger partial charge on any atom is 0.137 e. The number of benzene rings is 2. The zero-order chi connectivity index (χ0) is 18.6. The smallest absolute Gasteiger partial charge is 0.137 e.